The van der Waals surface area contributed by atoms with Crippen LogP contribution in [-0.4, -0.2) is 12.3 Å². The summed E-state index contributed by atoms with van der Waals surface area (Å²) in [5.74, 6) is 0. The Balaban J connectivity index is 2.62. The lowest BCUT2D eigenvalue weighted by atomic mass is 10.2. The van der Waals surface area contributed by atoms with Gasteiger partial charge in [-0.2, -0.15) is 13.2 Å². The highest BCUT2D eigenvalue weighted by Gasteiger charge is 2.36. The van der Waals surface area contributed by atoms with Crippen molar-refractivity contribution in [2.24, 2.45) is 0 Å². The van der Waals surface area contributed by atoms with Crippen molar-refractivity contribution >= 4 is 21.6 Å². The predicted octanol–water partition coefficient (Wildman–Crippen LogP) is 3.50. The quantitative estimate of drug-likeness (QED) is 0.867. The second-order valence-corrected chi connectivity index (χ2v) is 4.25. The van der Waals surface area contributed by atoms with E-state index in [2.05, 4.69) is 15.9 Å². The number of nitrogens with two attached hydrogens (primary N) is 1. The van der Waals surface area contributed by atoms with Crippen LogP contribution in [0.1, 0.15) is 12.5 Å². The maximum absolute atomic E-state index is 12.2. The molecule has 0 fully saturated rings. The number of benzene rings is 1. The Morgan fingerprint density at radius 1 is 1.44 bits per heavy atom. The number of ether oxygens (including phenoxy) is 1. The molecule has 1 aromatic carbocycles. The number of nitrogen functional groups attached to an aromatic ring is 1. The van der Waals surface area contributed by atoms with Crippen LogP contribution >= 0.6 is 15.9 Å². The molecular formula is C10H11BrF3NO. The Morgan fingerprint density at radius 2 is 2.06 bits per heavy atom. The zero-order chi connectivity index (χ0) is 12.3. The zero-order valence-electron chi connectivity index (χ0n) is 8.51. The van der Waals surface area contributed by atoms with Gasteiger partial charge >= 0.3 is 6.18 Å². The molecule has 1 atom stereocenters. The predicted molar refractivity (Wildman–Crippen MR) is 58.9 cm³/mol. The van der Waals surface area contributed by atoms with Crippen LogP contribution in [0.4, 0.5) is 18.9 Å². The van der Waals surface area contributed by atoms with Gasteiger partial charge in [-0.15, -0.1) is 0 Å². The molecule has 0 heterocycles. The molecule has 0 aliphatic rings. The van der Waals surface area contributed by atoms with Gasteiger partial charge in [0.25, 0.3) is 0 Å². The molecule has 6 heteroatoms. The third-order valence-corrected chi connectivity index (χ3v) is 2.55. The van der Waals surface area contributed by atoms with Crippen LogP contribution in [0, 0.1) is 0 Å². The van der Waals surface area contributed by atoms with Gasteiger partial charge in [0.2, 0.25) is 0 Å². The molecule has 2 nitrogen and oxygen atoms in total. The first-order chi connectivity index (χ1) is 7.30. The smallest absolute Gasteiger partial charge is 0.398 e. The summed E-state index contributed by atoms with van der Waals surface area (Å²) in [4.78, 5) is 0. The first-order valence-electron chi connectivity index (χ1n) is 4.53. The fourth-order valence-corrected chi connectivity index (χ4v) is 1.39. The number of hydrogen-bond acceptors (Lipinski definition) is 2. The van der Waals surface area contributed by atoms with Gasteiger partial charge < -0.3 is 10.5 Å². The van der Waals surface area contributed by atoms with Crippen molar-refractivity contribution in [3.05, 3.63) is 28.2 Å². The molecule has 0 aromatic heterocycles. The summed E-state index contributed by atoms with van der Waals surface area (Å²) >= 11 is 3.21. The van der Waals surface area contributed by atoms with E-state index in [0.29, 0.717) is 11.3 Å². The zero-order valence-corrected chi connectivity index (χ0v) is 10.1. The van der Waals surface area contributed by atoms with E-state index >= 15 is 0 Å². The van der Waals surface area contributed by atoms with E-state index in [4.69, 9.17) is 10.5 Å². The van der Waals surface area contributed by atoms with Crippen LogP contribution < -0.4 is 5.73 Å². The Hall–Kier alpha value is -0.750. The Bertz CT molecular complexity index is 368. The molecule has 90 valence electrons. The average Bonchev–Trinajstić information content (AvgIpc) is 2.14. The van der Waals surface area contributed by atoms with Crippen molar-refractivity contribution in [2.75, 3.05) is 5.73 Å². The van der Waals surface area contributed by atoms with Crippen molar-refractivity contribution in [1.29, 1.82) is 0 Å². The van der Waals surface area contributed by atoms with Gasteiger partial charge in [0, 0.05) is 15.7 Å². The van der Waals surface area contributed by atoms with Crippen molar-refractivity contribution in [1.82, 2.24) is 0 Å². The lowest BCUT2D eigenvalue weighted by Gasteiger charge is -2.17. The minimum Gasteiger partial charge on any atom is -0.398 e. The minimum atomic E-state index is -4.34. The third-order valence-electron chi connectivity index (χ3n) is 2.06. The monoisotopic (exact) mass is 297 g/mol. The highest BCUT2D eigenvalue weighted by atomic mass is 79.9. The molecule has 0 amide bonds. The second-order valence-electron chi connectivity index (χ2n) is 3.34. The molecule has 0 saturated carbocycles. The van der Waals surface area contributed by atoms with Gasteiger partial charge in [-0.3, -0.25) is 0 Å². The average molecular weight is 298 g/mol. The number of hydrogen-bond donors (Lipinski definition) is 1. The standard InChI is InChI=1S/C10H11BrF3NO/c1-6(10(12,13)14)16-5-7-2-3-8(11)4-9(7)15/h2-4,6H,5,15H2,1H3. The number of rotatable bonds is 3. The Morgan fingerprint density at radius 3 is 2.56 bits per heavy atom. The van der Waals surface area contributed by atoms with Crippen molar-refractivity contribution in [2.45, 2.75) is 25.8 Å². The topological polar surface area (TPSA) is 35.2 Å². The van der Waals surface area contributed by atoms with E-state index in [1.165, 1.54) is 0 Å². The van der Waals surface area contributed by atoms with E-state index in [-0.39, 0.29) is 6.61 Å². The van der Waals surface area contributed by atoms with E-state index in [9.17, 15) is 13.2 Å². The molecule has 1 aromatic rings. The van der Waals surface area contributed by atoms with Gasteiger partial charge in [-0.25, -0.2) is 0 Å². The molecule has 0 spiro atoms. The Labute approximate surface area is 99.7 Å². The summed E-state index contributed by atoms with van der Waals surface area (Å²) in [6.07, 6.45) is -6.14. The fourth-order valence-electron chi connectivity index (χ4n) is 1.01. The van der Waals surface area contributed by atoms with Crippen LogP contribution in [0.3, 0.4) is 0 Å². The fraction of sp³-hybridized carbons (Fsp3) is 0.400. The van der Waals surface area contributed by atoms with Crippen LogP contribution in [0.2, 0.25) is 0 Å². The Kier molecular flexibility index (Phi) is 4.21. The molecule has 1 unspecified atom stereocenters. The van der Waals surface area contributed by atoms with Gasteiger partial charge in [-0.05, 0) is 19.1 Å². The van der Waals surface area contributed by atoms with E-state index in [0.717, 1.165) is 11.4 Å². The van der Waals surface area contributed by atoms with Gasteiger partial charge in [0.05, 0.1) is 6.61 Å². The maximum Gasteiger partial charge on any atom is 0.414 e. The van der Waals surface area contributed by atoms with E-state index in [1.54, 1.807) is 18.2 Å². The second kappa shape index (κ2) is 5.05. The molecule has 0 bridgehead atoms. The van der Waals surface area contributed by atoms with Crippen LogP contribution in [-0.2, 0) is 11.3 Å². The first-order valence-corrected chi connectivity index (χ1v) is 5.32. The van der Waals surface area contributed by atoms with Gasteiger partial charge in [0.1, 0.15) is 0 Å². The number of alkyl halides is 3. The highest BCUT2D eigenvalue weighted by molar-refractivity contribution is 9.10. The number of anilines is 1. The summed E-state index contributed by atoms with van der Waals surface area (Å²) in [6.45, 7) is 0.814. The largest absolute Gasteiger partial charge is 0.414 e. The summed E-state index contributed by atoms with van der Waals surface area (Å²) in [5, 5.41) is 0. The van der Waals surface area contributed by atoms with Gasteiger partial charge in [-0.1, -0.05) is 22.0 Å². The molecule has 16 heavy (non-hydrogen) atoms. The summed E-state index contributed by atoms with van der Waals surface area (Å²) in [6, 6.07) is 4.95. The van der Waals surface area contributed by atoms with Crippen molar-refractivity contribution in [3.8, 4) is 0 Å². The molecule has 0 radical (unpaired) electrons. The SMILES string of the molecule is CC(OCc1ccc(Br)cc1N)C(F)(F)F. The van der Waals surface area contributed by atoms with Gasteiger partial charge in [0.15, 0.2) is 6.10 Å². The van der Waals surface area contributed by atoms with Crippen LogP contribution in [0.5, 0.6) is 0 Å². The highest BCUT2D eigenvalue weighted by Crippen LogP contribution is 2.25. The summed E-state index contributed by atoms with van der Waals surface area (Å²) in [5.41, 5.74) is 6.57. The lowest BCUT2D eigenvalue weighted by Crippen LogP contribution is -2.28. The molecule has 1 rings (SSSR count). The molecular weight excluding hydrogens is 287 g/mol. The summed E-state index contributed by atoms with van der Waals surface area (Å²) < 4.78 is 41.9. The summed E-state index contributed by atoms with van der Waals surface area (Å²) in [7, 11) is 0. The maximum atomic E-state index is 12.2. The first kappa shape index (κ1) is 13.3. The lowest BCUT2D eigenvalue weighted by molar-refractivity contribution is -0.217. The molecule has 2 N–H and O–H groups in total. The normalized spacial score (nSPS) is 13.8. The minimum absolute atomic E-state index is 0.153. The molecule has 0 aliphatic heterocycles. The molecule has 0 aliphatic carbocycles. The third kappa shape index (κ3) is 3.68. The van der Waals surface area contributed by atoms with Crippen molar-refractivity contribution < 1.29 is 17.9 Å². The van der Waals surface area contributed by atoms with E-state index < -0.39 is 12.3 Å². The van der Waals surface area contributed by atoms with Crippen LogP contribution in [0.15, 0.2) is 22.7 Å². The van der Waals surface area contributed by atoms with Crippen molar-refractivity contribution in [3.63, 3.8) is 0 Å². The van der Waals surface area contributed by atoms with Crippen LogP contribution in [0.25, 0.3) is 0 Å². The van der Waals surface area contributed by atoms with E-state index in [1.807, 2.05) is 0 Å². The molecule has 0 saturated heterocycles. The number of halogens is 4.